The molecule has 0 aromatic carbocycles. The fourth-order valence-electron chi connectivity index (χ4n) is 2.95. The SMILES string of the molecule is CCC(CC)(CN)C(=O)NCC1(O)CCC(C)(C)CC1. The van der Waals surface area contributed by atoms with Gasteiger partial charge in [-0.1, -0.05) is 27.7 Å². The van der Waals surface area contributed by atoms with Crippen LogP contribution in [0.3, 0.4) is 0 Å². The molecule has 1 rings (SSSR count). The zero-order chi connectivity index (χ0) is 15.4. The maximum Gasteiger partial charge on any atom is 0.227 e. The summed E-state index contributed by atoms with van der Waals surface area (Å²) in [5.74, 6) is -0.0109. The molecule has 0 saturated heterocycles. The minimum atomic E-state index is -0.743. The number of amides is 1. The summed E-state index contributed by atoms with van der Waals surface area (Å²) in [6.45, 7) is 9.17. The summed E-state index contributed by atoms with van der Waals surface area (Å²) in [7, 11) is 0. The molecular formula is C16H32N2O2. The first-order valence-electron chi connectivity index (χ1n) is 7.93. The summed E-state index contributed by atoms with van der Waals surface area (Å²) in [4.78, 5) is 12.4. The van der Waals surface area contributed by atoms with Gasteiger partial charge in [0.15, 0.2) is 0 Å². The van der Waals surface area contributed by atoms with E-state index in [1.807, 2.05) is 13.8 Å². The molecule has 0 spiro atoms. The number of hydrogen-bond acceptors (Lipinski definition) is 3. The van der Waals surface area contributed by atoms with Crippen LogP contribution in [0.25, 0.3) is 0 Å². The molecule has 20 heavy (non-hydrogen) atoms. The Hall–Kier alpha value is -0.610. The Morgan fingerprint density at radius 2 is 1.70 bits per heavy atom. The van der Waals surface area contributed by atoms with E-state index in [0.29, 0.717) is 18.5 Å². The van der Waals surface area contributed by atoms with E-state index in [1.54, 1.807) is 0 Å². The molecule has 4 heteroatoms. The molecule has 0 aliphatic heterocycles. The lowest BCUT2D eigenvalue weighted by molar-refractivity contribution is -0.133. The fraction of sp³-hybridized carbons (Fsp3) is 0.938. The maximum absolute atomic E-state index is 12.4. The lowest BCUT2D eigenvalue weighted by Crippen LogP contribution is -2.52. The standard InChI is InChI=1S/C16H32N2O2/c1-5-15(6-2,11-17)13(19)18-12-16(20)9-7-14(3,4)8-10-16/h20H,5-12,17H2,1-4H3,(H,18,19). The van der Waals surface area contributed by atoms with E-state index in [1.165, 1.54) is 0 Å². The summed E-state index contributed by atoms with van der Waals surface area (Å²) in [6.07, 6.45) is 4.99. The van der Waals surface area contributed by atoms with E-state index in [0.717, 1.165) is 38.5 Å². The quantitative estimate of drug-likeness (QED) is 0.700. The second kappa shape index (κ2) is 6.44. The van der Waals surface area contributed by atoms with E-state index in [4.69, 9.17) is 5.73 Å². The van der Waals surface area contributed by atoms with Gasteiger partial charge < -0.3 is 16.2 Å². The minimum Gasteiger partial charge on any atom is -0.388 e. The number of carbonyl (C=O) groups is 1. The monoisotopic (exact) mass is 284 g/mol. The van der Waals surface area contributed by atoms with E-state index in [9.17, 15) is 9.90 Å². The molecule has 4 N–H and O–H groups in total. The van der Waals surface area contributed by atoms with Crippen LogP contribution in [0, 0.1) is 10.8 Å². The van der Waals surface area contributed by atoms with Crippen molar-refractivity contribution in [1.82, 2.24) is 5.32 Å². The summed E-state index contributed by atoms with van der Waals surface area (Å²) < 4.78 is 0. The molecule has 0 aromatic heterocycles. The molecule has 0 aromatic rings. The van der Waals surface area contributed by atoms with Gasteiger partial charge in [-0.2, -0.15) is 0 Å². The number of aliphatic hydroxyl groups is 1. The van der Waals surface area contributed by atoms with Crippen molar-refractivity contribution in [3.8, 4) is 0 Å². The highest BCUT2D eigenvalue weighted by molar-refractivity contribution is 5.82. The van der Waals surface area contributed by atoms with Crippen LogP contribution in [0.1, 0.15) is 66.2 Å². The first-order valence-corrected chi connectivity index (χ1v) is 7.93. The number of rotatable bonds is 6. The first kappa shape index (κ1) is 17.4. The average molecular weight is 284 g/mol. The molecule has 0 atom stereocenters. The molecule has 0 unspecified atom stereocenters. The van der Waals surface area contributed by atoms with Gasteiger partial charge >= 0.3 is 0 Å². The molecule has 0 heterocycles. The maximum atomic E-state index is 12.4. The van der Waals surface area contributed by atoms with Crippen molar-refractivity contribution in [2.24, 2.45) is 16.6 Å². The van der Waals surface area contributed by atoms with Gasteiger partial charge in [0.1, 0.15) is 0 Å². The minimum absolute atomic E-state index is 0.0109. The highest BCUT2D eigenvalue weighted by atomic mass is 16.3. The number of nitrogens with two attached hydrogens (primary N) is 1. The molecule has 118 valence electrons. The Morgan fingerprint density at radius 1 is 1.20 bits per heavy atom. The molecule has 1 saturated carbocycles. The van der Waals surface area contributed by atoms with Crippen LogP contribution >= 0.6 is 0 Å². The third kappa shape index (κ3) is 3.95. The molecule has 1 aliphatic rings. The van der Waals surface area contributed by atoms with E-state index in [-0.39, 0.29) is 5.91 Å². The number of carbonyl (C=O) groups excluding carboxylic acids is 1. The highest BCUT2D eigenvalue weighted by Gasteiger charge is 2.39. The summed E-state index contributed by atoms with van der Waals surface area (Å²) >= 11 is 0. The molecule has 0 bridgehead atoms. The average Bonchev–Trinajstić information content (AvgIpc) is 2.43. The lowest BCUT2D eigenvalue weighted by atomic mass is 9.71. The summed E-state index contributed by atoms with van der Waals surface area (Å²) in [5, 5.41) is 13.5. The molecule has 0 radical (unpaired) electrons. The van der Waals surface area contributed by atoms with Gasteiger partial charge in [-0.3, -0.25) is 4.79 Å². The van der Waals surface area contributed by atoms with E-state index >= 15 is 0 Å². The third-order valence-corrected chi connectivity index (χ3v) is 5.34. The van der Waals surface area contributed by atoms with Crippen LogP contribution in [-0.4, -0.2) is 29.7 Å². The molecule has 1 aliphatic carbocycles. The smallest absolute Gasteiger partial charge is 0.227 e. The van der Waals surface area contributed by atoms with Crippen LogP contribution in [0.15, 0.2) is 0 Å². The Balaban J connectivity index is 2.56. The van der Waals surface area contributed by atoms with Gasteiger partial charge in [0.25, 0.3) is 0 Å². The fourth-order valence-corrected chi connectivity index (χ4v) is 2.95. The van der Waals surface area contributed by atoms with Crippen LogP contribution in [0.2, 0.25) is 0 Å². The van der Waals surface area contributed by atoms with Crippen molar-refractivity contribution in [2.45, 2.75) is 71.8 Å². The normalized spacial score (nSPS) is 21.5. The van der Waals surface area contributed by atoms with E-state index < -0.39 is 11.0 Å². The van der Waals surface area contributed by atoms with Gasteiger partial charge in [0, 0.05) is 13.1 Å². The molecular weight excluding hydrogens is 252 g/mol. The summed E-state index contributed by atoms with van der Waals surface area (Å²) in [6, 6.07) is 0. The Morgan fingerprint density at radius 3 is 2.10 bits per heavy atom. The van der Waals surface area contributed by atoms with Crippen molar-refractivity contribution < 1.29 is 9.90 Å². The lowest BCUT2D eigenvalue weighted by Gasteiger charge is -2.41. The predicted molar refractivity (Wildman–Crippen MR) is 82.3 cm³/mol. The molecule has 4 nitrogen and oxygen atoms in total. The van der Waals surface area contributed by atoms with Gasteiger partial charge in [0.2, 0.25) is 5.91 Å². The zero-order valence-corrected chi connectivity index (χ0v) is 13.6. The van der Waals surface area contributed by atoms with Crippen molar-refractivity contribution in [3.05, 3.63) is 0 Å². The van der Waals surface area contributed by atoms with E-state index in [2.05, 4.69) is 19.2 Å². The topological polar surface area (TPSA) is 75.4 Å². The van der Waals surface area contributed by atoms with Crippen molar-refractivity contribution in [2.75, 3.05) is 13.1 Å². The number of hydrogen-bond donors (Lipinski definition) is 3. The van der Waals surface area contributed by atoms with Crippen LogP contribution in [0.5, 0.6) is 0 Å². The Kier molecular flexibility index (Phi) is 5.61. The second-order valence-corrected chi connectivity index (χ2v) is 7.26. The second-order valence-electron chi connectivity index (χ2n) is 7.26. The zero-order valence-electron chi connectivity index (χ0n) is 13.6. The molecule has 1 fully saturated rings. The van der Waals surface area contributed by atoms with Crippen molar-refractivity contribution in [1.29, 1.82) is 0 Å². The summed E-state index contributed by atoms with van der Waals surface area (Å²) in [5.41, 5.74) is 4.87. The number of nitrogens with one attached hydrogen (secondary N) is 1. The Bertz CT molecular complexity index is 317. The molecule has 1 amide bonds. The predicted octanol–water partition coefficient (Wildman–Crippen LogP) is 2.20. The van der Waals surface area contributed by atoms with Crippen molar-refractivity contribution in [3.63, 3.8) is 0 Å². The van der Waals surface area contributed by atoms with Gasteiger partial charge in [-0.25, -0.2) is 0 Å². The van der Waals surface area contributed by atoms with Gasteiger partial charge in [0.05, 0.1) is 11.0 Å². The Labute approximate surface area is 123 Å². The highest BCUT2D eigenvalue weighted by Crippen LogP contribution is 2.40. The third-order valence-electron chi connectivity index (χ3n) is 5.34. The largest absolute Gasteiger partial charge is 0.388 e. The van der Waals surface area contributed by atoms with Crippen LogP contribution in [0.4, 0.5) is 0 Å². The van der Waals surface area contributed by atoms with Crippen molar-refractivity contribution >= 4 is 5.91 Å². The van der Waals surface area contributed by atoms with Gasteiger partial charge in [-0.15, -0.1) is 0 Å². The first-order chi connectivity index (χ1) is 9.22. The van der Waals surface area contributed by atoms with Crippen LogP contribution < -0.4 is 11.1 Å². The van der Waals surface area contributed by atoms with Gasteiger partial charge in [-0.05, 0) is 43.9 Å². The van der Waals surface area contributed by atoms with Crippen LogP contribution in [-0.2, 0) is 4.79 Å².